The second kappa shape index (κ2) is 8.33. The molecule has 0 bridgehead atoms. The second-order valence-corrected chi connectivity index (χ2v) is 8.39. The maximum Gasteiger partial charge on any atom is 0.416 e. The molecule has 0 radical (unpaired) electrons. The molecule has 0 amide bonds. The Kier molecular flexibility index (Phi) is 6.25. The van der Waals surface area contributed by atoms with Gasteiger partial charge in [0.25, 0.3) is 0 Å². The minimum atomic E-state index is -4.40. The summed E-state index contributed by atoms with van der Waals surface area (Å²) < 4.78 is 39.9. The van der Waals surface area contributed by atoms with Crippen LogP contribution in [0.25, 0.3) is 0 Å². The Labute approximate surface area is 174 Å². The number of anilines is 1. The molecule has 1 aliphatic rings. The highest BCUT2D eigenvalue weighted by Crippen LogP contribution is 2.39. The van der Waals surface area contributed by atoms with Gasteiger partial charge >= 0.3 is 6.18 Å². The van der Waals surface area contributed by atoms with Gasteiger partial charge in [0.15, 0.2) is 5.78 Å². The molecular weight excluding hydrogens is 451 g/mol. The van der Waals surface area contributed by atoms with Gasteiger partial charge in [-0.1, -0.05) is 35.0 Å². The van der Waals surface area contributed by atoms with E-state index in [4.69, 9.17) is 0 Å². The number of thioether (sulfide) groups is 1. The number of ketones is 1. The van der Waals surface area contributed by atoms with Crippen LogP contribution in [0.4, 0.5) is 18.9 Å². The van der Waals surface area contributed by atoms with Gasteiger partial charge in [0.1, 0.15) is 0 Å². The SMILES string of the molecule is CSc1cc(Br)ccc1C(C)C1=C(Nc2cccc(C(F)(F)F)c2)CCC1=O. The Morgan fingerprint density at radius 1 is 1.14 bits per heavy atom. The molecule has 1 unspecified atom stereocenters. The smallest absolute Gasteiger partial charge is 0.359 e. The maximum atomic E-state index is 13.0. The lowest BCUT2D eigenvalue weighted by molar-refractivity contribution is -0.137. The van der Waals surface area contributed by atoms with Gasteiger partial charge in [-0.25, -0.2) is 0 Å². The number of hydrogen-bond donors (Lipinski definition) is 1. The van der Waals surface area contributed by atoms with Crippen molar-refractivity contribution >= 4 is 39.2 Å². The van der Waals surface area contributed by atoms with E-state index in [9.17, 15) is 18.0 Å². The lowest BCUT2D eigenvalue weighted by atomic mass is 9.91. The summed E-state index contributed by atoms with van der Waals surface area (Å²) in [5.74, 6) is -0.115. The van der Waals surface area contributed by atoms with Gasteiger partial charge in [0.05, 0.1) is 5.56 Å². The van der Waals surface area contributed by atoms with Crippen LogP contribution < -0.4 is 5.32 Å². The first-order chi connectivity index (χ1) is 13.2. The standard InChI is InChI=1S/C21H19BrF3NOS/c1-12(16-7-6-14(22)11-19(16)28-2)20-17(8-9-18(20)27)26-15-5-3-4-13(10-15)21(23,24)25/h3-7,10-12,26H,8-9H2,1-2H3. The molecular formula is C21H19BrF3NOS. The molecule has 0 aromatic heterocycles. The molecule has 0 saturated carbocycles. The van der Waals surface area contributed by atoms with Crippen LogP contribution in [0.2, 0.25) is 0 Å². The van der Waals surface area contributed by atoms with Crippen LogP contribution in [0.3, 0.4) is 0 Å². The molecule has 3 rings (SSSR count). The van der Waals surface area contributed by atoms with Crippen molar-refractivity contribution < 1.29 is 18.0 Å². The van der Waals surface area contributed by atoms with Crippen molar-refractivity contribution in [2.45, 2.75) is 36.8 Å². The Balaban J connectivity index is 1.97. The fourth-order valence-corrected chi connectivity index (χ4v) is 4.69. The van der Waals surface area contributed by atoms with Crippen molar-refractivity contribution in [2.24, 2.45) is 0 Å². The van der Waals surface area contributed by atoms with Crippen molar-refractivity contribution in [1.82, 2.24) is 0 Å². The Morgan fingerprint density at radius 3 is 2.57 bits per heavy atom. The van der Waals surface area contributed by atoms with E-state index in [0.29, 0.717) is 29.8 Å². The average Bonchev–Trinajstić information content (AvgIpc) is 3.00. The predicted octanol–water partition coefficient (Wildman–Crippen LogP) is 7.02. The molecule has 0 fully saturated rings. The van der Waals surface area contributed by atoms with Crippen molar-refractivity contribution in [3.05, 3.63) is 69.3 Å². The van der Waals surface area contributed by atoms with Gasteiger partial charge in [-0.3, -0.25) is 4.79 Å². The fourth-order valence-electron chi connectivity index (χ4n) is 3.45. The summed E-state index contributed by atoms with van der Waals surface area (Å²) >= 11 is 5.06. The van der Waals surface area contributed by atoms with Gasteiger partial charge in [0, 0.05) is 38.7 Å². The highest BCUT2D eigenvalue weighted by molar-refractivity contribution is 9.10. The normalized spacial score (nSPS) is 15.9. The number of nitrogens with one attached hydrogen (secondary N) is 1. The Morgan fingerprint density at radius 2 is 1.89 bits per heavy atom. The van der Waals surface area contributed by atoms with E-state index in [0.717, 1.165) is 27.1 Å². The van der Waals surface area contributed by atoms with Crippen molar-refractivity contribution in [2.75, 3.05) is 11.6 Å². The highest BCUT2D eigenvalue weighted by Gasteiger charge is 2.32. The van der Waals surface area contributed by atoms with E-state index < -0.39 is 11.7 Å². The molecule has 1 aliphatic carbocycles. The maximum absolute atomic E-state index is 13.0. The van der Waals surface area contributed by atoms with Crippen LogP contribution in [-0.4, -0.2) is 12.0 Å². The number of halogens is 4. The number of hydrogen-bond acceptors (Lipinski definition) is 3. The number of rotatable bonds is 5. The van der Waals surface area contributed by atoms with Crippen molar-refractivity contribution in [3.63, 3.8) is 0 Å². The van der Waals surface area contributed by atoms with Crippen molar-refractivity contribution in [3.8, 4) is 0 Å². The van der Waals surface area contributed by atoms with E-state index in [1.807, 2.05) is 31.4 Å². The molecule has 0 aliphatic heterocycles. The molecule has 1 N–H and O–H groups in total. The summed E-state index contributed by atoms with van der Waals surface area (Å²) in [4.78, 5) is 13.7. The molecule has 2 aromatic rings. The zero-order valence-electron chi connectivity index (χ0n) is 15.4. The largest absolute Gasteiger partial charge is 0.416 e. The number of carbonyl (C=O) groups excluding carboxylic acids is 1. The van der Waals surface area contributed by atoms with Crippen LogP contribution in [-0.2, 0) is 11.0 Å². The number of allylic oxidation sites excluding steroid dienone is 2. The molecule has 0 heterocycles. The second-order valence-electron chi connectivity index (χ2n) is 6.63. The Hall–Kier alpha value is -1.73. The molecule has 1 atom stereocenters. The van der Waals surface area contributed by atoms with Crippen LogP contribution in [0.1, 0.15) is 36.8 Å². The first-order valence-corrected chi connectivity index (χ1v) is 10.8. The molecule has 2 nitrogen and oxygen atoms in total. The molecule has 0 saturated heterocycles. The van der Waals surface area contributed by atoms with E-state index >= 15 is 0 Å². The summed E-state index contributed by atoms with van der Waals surface area (Å²) in [6, 6.07) is 11.0. The zero-order chi connectivity index (χ0) is 20.5. The molecule has 0 spiro atoms. The van der Waals surface area contributed by atoms with Crippen LogP contribution in [0.15, 0.2) is 63.1 Å². The third-order valence-electron chi connectivity index (χ3n) is 4.81. The van der Waals surface area contributed by atoms with E-state index in [2.05, 4.69) is 21.2 Å². The van der Waals surface area contributed by atoms with Gasteiger partial charge < -0.3 is 5.32 Å². The highest BCUT2D eigenvalue weighted by atomic mass is 79.9. The van der Waals surface area contributed by atoms with E-state index in [1.165, 1.54) is 6.07 Å². The fraction of sp³-hybridized carbons (Fsp3) is 0.286. The van der Waals surface area contributed by atoms with Crippen LogP contribution in [0, 0.1) is 0 Å². The predicted molar refractivity (Wildman–Crippen MR) is 111 cm³/mol. The lowest BCUT2D eigenvalue weighted by Gasteiger charge is -2.19. The molecule has 2 aromatic carbocycles. The number of benzene rings is 2. The third-order valence-corrected chi connectivity index (χ3v) is 6.09. The monoisotopic (exact) mass is 469 g/mol. The summed E-state index contributed by atoms with van der Waals surface area (Å²) in [6.45, 7) is 1.97. The summed E-state index contributed by atoms with van der Waals surface area (Å²) in [6.07, 6.45) is -1.56. The first kappa shape index (κ1) is 21.0. The average molecular weight is 470 g/mol. The minimum Gasteiger partial charge on any atom is -0.359 e. The molecule has 28 heavy (non-hydrogen) atoms. The number of carbonyl (C=O) groups is 1. The third kappa shape index (κ3) is 4.46. The van der Waals surface area contributed by atoms with E-state index in [-0.39, 0.29) is 11.7 Å². The van der Waals surface area contributed by atoms with Gasteiger partial charge in [0.2, 0.25) is 0 Å². The summed E-state index contributed by atoms with van der Waals surface area (Å²) in [7, 11) is 0. The lowest BCUT2D eigenvalue weighted by Crippen LogP contribution is -2.11. The van der Waals surface area contributed by atoms with Gasteiger partial charge in [-0.05, 0) is 48.6 Å². The number of Topliss-reactive ketones (excluding diaryl/α,β-unsaturated/α-hetero) is 1. The summed E-state index contributed by atoms with van der Waals surface area (Å²) in [5.41, 5.74) is 2.01. The van der Waals surface area contributed by atoms with Crippen LogP contribution in [0.5, 0.6) is 0 Å². The van der Waals surface area contributed by atoms with Crippen molar-refractivity contribution in [1.29, 1.82) is 0 Å². The molecule has 7 heteroatoms. The minimum absolute atomic E-state index is 0.0388. The van der Waals surface area contributed by atoms with Gasteiger partial charge in [-0.15, -0.1) is 11.8 Å². The molecule has 148 valence electrons. The van der Waals surface area contributed by atoms with Gasteiger partial charge in [-0.2, -0.15) is 13.2 Å². The van der Waals surface area contributed by atoms with E-state index in [1.54, 1.807) is 17.8 Å². The van der Waals surface area contributed by atoms with Crippen LogP contribution >= 0.6 is 27.7 Å². The quantitative estimate of drug-likeness (QED) is 0.476. The number of alkyl halides is 3. The Bertz CT molecular complexity index is 939. The zero-order valence-corrected chi connectivity index (χ0v) is 17.8. The first-order valence-electron chi connectivity index (χ1n) is 8.74. The topological polar surface area (TPSA) is 29.1 Å². The summed E-state index contributed by atoms with van der Waals surface area (Å²) in [5, 5.41) is 3.08.